The molecule has 0 aromatic heterocycles. The van der Waals surface area contributed by atoms with Crippen molar-refractivity contribution in [1.29, 1.82) is 0 Å². The lowest BCUT2D eigenvalue weighted by Crippen LogP contribution is -2.34. The van der Waals surface area contributed by atoms with E-state index in [0.29, 0.717) is 0 Å². The second-order valence-electron chi connectivity index (χ2n) is 7.73. The maximum atomic E-state index is 12.4. The largest absolute Gasteiger partial charge is 0.462 e. The molecule has 0 amide bonds. The number of nitrogens with zero attached hydrogens (tertiary/aromatic N) is 1. The first-order valence-corrected chi connectivity index (χ1v) is 8.81. The van der Waals surface area contributed by atoms with E-state index in [0.717, 1.165) is 12.8 Å². The second kappa shape index (κ2) is 7.62. The van der Waals surface area contributed by atoms with Crippen molar-refractivity contribution in [2.45, 2.75) is 47.0 Å². The van der Waals surface area contributed by atoms with Gasteiger partial charge >= 0.3 is 17.9 Å². The Kier molecular flexibility index (Phi) is 5.87. The van der Waals surface area contributed by atoms with Gasteiger partial charge in [0.05, 0.1) is 0 Å². The highest BCUT2D eigenvalue weighted by molar-refractivity contribution is 6.45. The molecule has 0 N–H and O–H groups in total. The maximum Gasteiger partial charge on any atom is 0.346 e. The summed E-state index contributed by atoms with van der Waals surface area (Å²) in [5.74, 6) is -2.55. The van der Waals surface area contributed by atoms with E-state index in [-0.39, 0.29) is 41.6 Å². The van der Waals surface area contributed by atoms with Gasteiger partial charge in [-0.25, -0.2) is 9.59 Å². The summed E-state index contributed by atoms with van der Waals surface area (Å²) in [5, 5.41) is 3.78. The molecule has 8 heteroatoms. The molecule has 148 valence electrons. The zero-order valence-electron chi connectivity index (χ0n) is 16.1. The van der Waals surface area contributed by atoms with E-state index >= 15 is 0 Å². The van der Waals surface area contributed by atoms with Crippen LogP contribution in [0.2, 0.25) is 0 Å². The van der Waals surface area contributed by atoms with Gasteiger partial charge < -0.3 is 14.3 Å². The quantitative estimate of drug-likeness (QED) is 0.166. The zero-order chi connectivity index (χ0) is 20.4. The predicted octanol–water partition coefficient (Wildman–Crippen LogP) is 1.96. The molecule has 2 rings (SSSR count). The first kappa shape index (κ1) is 20.8. The SMILES string of the molecule is C=C(C)C(=O)OCCOC(=O)CC(=O)O/N=C1/C(=O)C2CCC1(C)C2(C)C. The van der Waals surface area contributed by atoms with E-state index < -0.39 is 29.7 Å². The second-order valence-corrected chi connectivity index (χ2v) is 7.73. The molecule has 2 aliphatic carbocycles. The lowest BCUT2D eigenvalue weighted by molar-refractivity contribution is -0.157. The van der Waals surface area contributed by atoms with Crippen LogP contribution >= 0.6 is 0 Å². The summed E-state index contributed by atoms with van der Waals surface area (Å²) in [6.07, 6.45) is 0.957. The van der Waals surface area contributed by atoms with Crippen LogP contribution in [0.15, 0.2) is 17.3 Å². The minimum absolute atomic E-state index is 0.0940. The average Bonchev–Trinajstić information content (AvgIpc) is 2.88. The van der Waals surface area contributed by atoms with Crippen molar-refractivity contribution >= 4 is 29.4 Å². The standard InChI is InChI=1S/C19H25NO7/c1-11(2)17(24)26-9-8-25-13(21)10-14(22)27-20-16-15(23)12-6-7-19(16,5)18(12,3)4/h12H,1,6-10H2,2-5H3/b20-16-. The summed E-state index contributed by atoms with van der Waals surface area (Å²) in [6.45, 7) is 10.6. The molecule has 0 radical (unpaired) electrons. The van der Waals surface area contributed by atoms with Crippen molar-refractivity contribution in [3.05, 3.63) is 12.2 Å². The lowest BCUT2D eigenvalue weighted by atomic mass is 9.70. The van der Waals surface area contributed by atoms with E-state index in [1.165, 1.54) is 6.92 Å². The van der Waals surface area contributed by atoms with Crippen molar-refractivity contribution in [3.8, 4) is 0 Å². The molecule has 0 aliphatic heterocycles. The van der Waals surface area contributed by atoms with Crippen LogP contribution in [0, 0.1) is 16.7 Å². The lowest BCUT2D eigenvalue weighted by Gasteiger charge is -2.32. The zero-order valence-corrected chi connectivity index (χ0v) is 16.1. The van der Waals surface area contributed by atoms with Crippen LogP contribution in [-0.2, 0) is 33.5 Å². The molecule has 2 aliphatic rings. The first-order valence-electron chi connectivity index (χ1n) is 8.81. The fourth-order valence-corrected chi connectivity index (χ4v) is 3.68. The van der Waals surface area contributed by atoms with E-state index in [4.69, 9.17) is 14.3 Å². The topological polar surface area (TPSA) is 108 Å². The Morgan fingerprint density at radius 2 is 1.78 bits per heavy atom. The van der Waals surface area contributed by atoms with Crippen molar-refractivity contribution < 1.29 is 33.5 Å². The molecule has 27 heavy (non-hydrogen) atoms. The highest BCUT2D eigenvalue weighted by atomic mass is 16.7. The third-order valence-corrected chi connectivity index (χ3v) is 5.75. The van der Waals surface area contributed by atoms with Gasteiger partial charge in [0.1, 0.15) is 25.3 Å². The summed E-state index contributed by atoms with van der Waals surface area (Å²) in [4.78, 5) is 51.7. The first-order chi connectivity index (χ1) is 12.5. The molecule has 0 saturated heterocycles. The molecule has 2 bridgehead atoms. The van der Waals surface area contributed by atoms with Crippen LogP contribution < -0.4 is 0 Å². The van der Waals surface area contributed by atoms with Crippen LogP contribution in [0.3, 0.4) is 0 Å². The van der Waals surface area contributed by atoms with Gasteiger partial charge in [-0.15, -0.1) is 0 Å². The summed E-state index contributed by atoms with van der Waals surface area (Å²) >= 11 is 0. The minimum Gasteiger partial charge on any atom is -0.462 e. The van der Waals surface area contributed by atoms with Crippen molar-refractivity contribution in [2.24, 2.45) is 21.9 Å². The molecule has 0 aromatic rings. The van der Waals surface area contributed by atoms with Gasteiger partial charge in [0.25, 0.3) is 0 Å². The number of carbonyl (C=O) groups excluding carboxylic acids is 4. The van der Waals surface area contributed by atoms with Crippen molar-refractivity contribution in [3.63, 3.8) is 0 Å². The number of ketones is 1. The molecule has 2 unspecified atom stereocenters. The van der Waals surface area contributed by atoms with Crippen LogP contribution in [0.25, 0.3) is 0 Å². The van der Waals surface area contributed by atoms with Crippen molar-refractivity contribution in [2.75, 3.05) is 13.2 Å². The van der Waals surface area contributed by atoms with Gasteiger partial charge in [0.15, 0.2) is 5.78 Å². The Bertz CT molecular complexity index is 722. The van der Waals surface area contributed by atoms with Crippen LogP contribution in [0.5, 0.6) is 0 Å². The number of esters is 2. The predicted molar refractivity (Wildman–Crippen MR) is 94.5 cm³/mol. The molecule has 0 heterocycles. The number of fused-ring (bicyclic) bond motifs is 2. The monoisotopic (exact) mass is 379 g/mol. The maximum absolute atomic E-state index is 12.4. The average molecular weight is 379 g/mol. The summed E-state index contributed by atoms with van der Waals surface area (Å²) in [7, 11) is 0. The van der Waals surface area contributed by atoms with E-state index in [1.807, 2.05) is 20.8 Å². The van der Waals surface area contributed by atoms with E-state index in [1.54, 1.807) is 0 Å². The number of ether oxygens (including phenoxy) is 2. The van der Waals surface area contributed by atoms with Gasteiger partial charge in [-0.05, 0) is 25.2 Å². The number of oxime groups is 1. The van der Waals surface area contributed by atoms with Gasteiger partial charge in [0.2, 0.25) is 0 Å². The molecule has 2 fully saturated rings. The molecule has 2 atom stereocenters. The van der Waals surface area contributed by atoms with E-state index in [9.17, 15) is 19.2 Å². The molecular weight excluding hydrogens is 354 g/mol. The van der Waals surface area contributed by atoms with Crippen molar-refractivity contribution in [1.82, 2.24) is 0 Å². The Labute approximate surface area is 157 Å². The van der Waals surface area contributed by atoms with Gasteiger partial charge in [0, 0.05) is 16.9 Å². The Balaban J connectivity index is 1.80. The Hall–Kier alpha value is -2.51. The fraction of sp³-hybridized carbons (Fsp3) is 0.632. The molecule has 0 aromatic carbocycles. The summed E-state index contributed by atoms with van der Waals surface area (Å²) in [6, 6.07) is 0. The molecule has 0 spiro atoms. The third kappa shape index (κ3) is 3.94. The fourth-order valence-electron chi connectivity index (χ4n) is 3.68. The normalized spacial score (nSPS) is 26.7. The Morgan fingerprint density at radius 3 is 2.33 bits per heavy atom. The van der Waals surface area contributed by atoms with Gasteiger partial charge in [-0.3, -0.25) is 9.59 Å². The number of hydrogen-bond donors (Lipinski definition) is 0. The Morgan fingerprint density at radius 1 is 1.15 bits per heavy atom. The number of carbonyl (C=O) groups is 4. The minimum atomic E-state index is -0.914. The van der Waals surface area contributed by atoms with Crippen LogP contribution in [-0.4, -0.2) is 42.6 Å². The molecule has 8 nitrogen and oxygen atoms in total. The number of hydrogen-bond acceptors (Lipinski definition) is 8. The summed E-state index contributed by atoms with van der Waals surface area (Å²) < 4.78 is 9.53. The third-order valence-electron chi connectivity index (χ3n) is 5.75. The molecular formula is C19H25NO7. The highest BCUT2D eigenvalue weighted by Gasteiger charge is 2.65. The van der Waals surface area contributed by atoms with Gasteiger partial charge in [-0.1, -0.05) is 32.5 Å². The van der Waals surface area contributed by atoms with E-state index in [2.05, 4.69) is 11.7 Å². The van der Waals surface area contributed by atoms with Crippen LogP contribution in [0.1, 0.15) is 47.0 Å². The number of Topliss-reactive ketones (excluding diaryl/α,β-unsaturated/α-hetero) is 1. The van der Waals surface area contributed by atoms with Gasteiger partial charge in [-0.2, -0.15) is 0 Å². The summed E-state index contributed by atoms with van der Waals surface area (Å²) in [5.41, 5.74) is -0.189. The van der Waals surface area contributed by atoms with Crippen LogP contribution in [0.4, 0.5) is 0 Å². The highest BCUT2D eigenvalue weighted by Crippen LogP contribution is 2.62. The molecule has 2 saturated carbocycles. The smallest absolute Gasteiger partial charge is 0.346 e. The number of rotatable bonds is 7.